The molecule has 0 aliphatic rings. The van der Waals surface area contributed by atoms with Gasteiger partial charge in [0, 0.05) is 5.02 Å². The molecule has 0 bridgehead atoms. The molecular formula is C17H12ClN5O3. The van der Waals surface area contributed by atoms with Crippen LogP contribution >= 0.6 is 11.6 Å². The van der Waals surface area contributed by atoms with Crippen LogP contribution in [0, 0.1) is 18.3 Å². The van der Waals surface area contributed by atoms with Crippen LogP contribution in [0.15, 0.2) is 41.7 Å². The zero-order valence-corrected chi connectivity index (χ0v) is 14.3. The first-order valence-electron chi connectivity index (χ1n) is 7.40. The van der Waals surface area contributed by atoms with E-state index in [1.54, 1.807) is 6.92 Å². The lowest BCUT2D eigenvalue weighted by atomic mass is 10.2. The minimum atomic E-state index is -0.425. The van der Waals surface area contributed by atoms with Crippen molar-refractivity contribution in [3.63, 3.8) is 0 Å². The highest BCUT2D eigenvalue weighted by molar-refractivity contribution is 6.30. The molecule has 9 heteroatoms. The van der Waals surface area contributed by atoms with E-state index in [4.69, 9.17) is 21.6 Å². The Morgan fingerprint density at radius 3 is 2.77 bits per heavy atom. The van der Waals surface area contributed by atoms with Gasteiger partial charge in [0.1, 0.15) is 5.75 Å². The third-order valence-corrected chi connectivity index (χ3v) is 3.64. The molecule has 0 atom stereocenters. The van der Waals surface area contributed by atoms with Crippen LogP contribution in [0.3, 0.4) is 0 Å². The Balaban J connectivity index is 1.95. The van der Waals surface area contributed by atoms with Crippen molar-refractivity contribution in [3.8, 4) is 23.4 Å². The van der Waals surface area contributed by atoms with Gasteiger partial charge in [0.25, 0.3) is 5.56 Å². The third kappa shape index (κ3) is 3.79. The van der Waals surface area contributed by atoms with Gasteiger partial charge in [0.15, 0.2) is 0 Å². The van der Waals surface area contributed by atoms with Crippen LogP contribution in [0.25, 0.3) is 0 Å². The maximum Gasteiger partial charge on any atom is 0.296 e. The minimum Gasteiger partial charge on any atom is -0.492 e. The monoisotopic (exact) mass is 369 g/mol. The minimum absolute atomic E-state index is 0.0189. The van der Waals surface area contributed by atoms with Crippen LogP contribution < -0.4 is 10.3 Å². The number of benzene rings is 1. The maximum atomic E-state index is 12.7. The number of aromatic nitrogens is 4. The van der Waals surface area contributed by atoms with E-state index in [2.05, 4.69) is 15.0 Å². The Hall–Kier alpha value is -3.44. The van der Waals surface area contributed by atoms with E-state index in [1.165, 1.54) is 41.5 Å². The number of nitriles is 1. The van der Waals surface area contributed by atoms with E-state index >= 15 is 0 Å². The lowest BCUT2D eigenvalue weighted by Gasteiger charge is -2.11. The largest absolute Gasteiger partial charge is 0.492 e. The van der Waals surface area contributed by atoms with Crippen LogP contribution in [-0.4, -0.2) is 24.6 Å². The van der Waals surface area contributed by atoms with Crippen molar-refractivity contribution >= 4 is 11.6 Å². The quantitative estimate of drug-likeness (QED) is 0.750. The zero-order valence-electron chi connectivity index (χ0n) is 13.5. The highest BCUT2D eigenvalue weighted by atomic mass is 35.5. The van der Waals surface area contributed by atoms with Gasteiger partial charge < -0.3 is 9.84 Å². The van der Waals surface area contributed by atoms with Gasteiger partial charge in [-0.05, 0) is 25.1 Å². The van der Waals surface area contributed by atoms with Crippen LogP contribution in [0.4, 0.5) is 0 Å². The number of hydrogen-bond acceptors (Lipinski definition) is 7. The van der Waals surface area contributed by atoms with Crippen LogP contribution in [0.1, 0.15) is 17.0 Å². The van der Waals surface area contributed by atoms with Gasteiger partial charge in [-0.2, -0.15) is 5.26 Å². The molecule has 130 valence electrons. The van der Waals surface area contributed by atoms with Gasteiger partial charge in [-0.1, -0.05) is 11.6 Å². The molecule has 0 radical (unpaired) electrons. The molecular weight excluding hydrogens is 358 g/mol. The molecule has 3 rings (SSSR count). The number of aromatic hydroxyl groups is 1. The van der Waals surface area contributed by atoms with Crippen LogP contribution in [-0.2, 0) is 6.54 Å². The van der Waals surface area contributed by atoms with Crippen LogP contribution in [0.5, 0.6) is 17.4 Å². The number of ether oxygens (including phenoxy) is 1. The van der Waals surface area contributed by atoms with Crippen molar-refractivity contribution in [2.24, 2.45) is 0 Å². The van der Waals surface area contributed by atoms with Crippen LogP contribution in [0.2, 0.25) is 5.02 Å². The fraction of sp³-hybridized carbons (Fsp3) is 0.118. The van der Waals surface area contributed by atoms with Crippen molar-refractivity contribution in [2.45, 2.75) is 13.5 Å². The maximum absolute atomic E-state index is 12.7. The Bertz CT molecular complexity index is 1060. The Morgan fingerprint density at radius 1 is 1.27 bits per heavy atom. The van der Waals surface area contributed by atoms with E-state index in [0.29, 0.717) is 22.0 Å². The molecule has 0 aliphatic heterocycles. The fourth-order valence-electron chi connectivity index (χ4n) is 2.19. The van der Waals surface area contributed by atoms with Crippen molar-refractivity contribution in [1.82, 2.24) is 19.5 Å². The van der Waals surface area contributed by atoms with E-state index in [-0.39, 0.29) is 23.9 Å². The second-order valence-electron chi connectivity index (χ2n) is 5.35. The number of aryl methyl sites for hydroxylation is 1. The van der Waals surface area contributed by atoms with Gasteiger partial charge in [-0.15, -0.1) is 0 Å². The predicted octanol–water partition coefficient (Wildman–Crippen LogP) is 2.41. The second-order valence-corrected chi connectivity index (χ2v) is 5.78. The van der Waals surface area contributed by atoms with Gasteiger partial charge in [0.05, 0.1) is 48.3 Å². The average molecular weight is 370 g/mol. The van der Waals surface area contributed by atoms with E-state index in [0.717, 1.165) is 0 Å². The lowest BCUT2D eigenvalue weighted by Crippen LogP contribution is -2.23. The molecule has 8 nitrogen and oxygen atoms in total. The van der Waals surface area contributed by atoms with Crippen molar-refractivity contribution in [2.75, 3.05) is 0 Å². The topological polar surface area (TPSA) is 114 Å². The summed E-state index contributed by atoms with van der Waals surface area (Å²) in [5, 5.41) is 18.5. The summed E-state index contributed by atoms with van der Waals surface area (Å²) >= 11 is 5.96. The number of hydrogen-bond donors (Lipinski definition) is 1. The smallest absolute Gasteiger partial charge is 0.296 e. The summed E-state index contributed by atoms with van der Waals surface area (Å²) in [6.07, 6.45) is 3.92. The van der Waals surface area contributed by atoms with E-state index in [9.17, 15) is 9.90 Å². The van der Waals surface area contributed by atoms with E-state index in [1.807, 2.05) is 6.07 Å². The molecule has 26 heavy (non-hydrogen) atoms. The summed E-state index contributed by atoms with van der Waals surface area (Å²) in [4.78, 5) is 24.6. The van der Waals surface area contributed by atoms with E-state index < -0.39 is 5.56 Å². The summed E-state index contributed by atoms with van der Waals surface area (Å²) in [7, 11) is 0. The molecule has 0 spiro atoms. The molecule has 0 fully saturated rings. The third-order valence-electron chi connectivity index (χ3n) is 3.42. The molecule has 0 amide bonds. The first-order chi connectivity index (χ1) is 12.5. The summed E-state index contributed by atoms with van der Waals surface area (Å²) in [5.41, 5.74) is 0.747. The number of nitrogens with zero attached hydrogens (tertiary/aromatic N) is 5. The normalized spacial score (nSPS) is 10.3. The summed E-state index contributed by atoms with van der Waals surface area (Å²) < 4.78 is 6.96. The highest BCUT2D eigenvalue weighted by Crippen LogP contribution is 2.25. The predicted molar refractivity (Wildman–Crippen MR) is 92.3 cm³/mol. The fourth-order valence-corrected chi connectivity index (χ4v) is 2.42. The first-order valence-corrected chi connectivity index (χ1v) is 7.78. The number of rotatable bonds is 4. The molecule has 0 saturated carbocycles. The number of halogens is 1. The summed E-state index contributed by atoms with van der Waals surface area (Å²) in [5.74, 6) is 0.0741. The summed E-state index contributed by atoms with van der Waals surface area (Å²) in [6, 6.07) is 6.45. The first kappa shape index (κ1) is 17.4. The molecule has 2 heterocycles. The SMILES string of the molecule is Cc1ncn(Cc2cnc(O)cn2)c(=O)c1Oc1cc(Cl)cc(C#N)c1. The summed E-state index contributed by atoms with van der Waals surface area (Å²) in [6.45, 7) is 1.74. The standard InChI is InChI=1S/C17H12ClN5O3/c1-10-16(26-14-3-11(5-19)2-12(18)4-14)17(25)23(9-22-10)8-13-6-21-15(24)7-20-13/h2-4,6-7,9H,8H2,1H3,(H,21,24). The van der Waals surface area contributed by atoms with Gasteiger partial charge in [-0.25, -0.2) is 9.97 Å². The molecule has 0 saturated heterocycles. The Labute approximate surface area is 152 Å². The zero-order chi connectivity index (χ0) is 18.7. The molecule has 1 aromatic carbocycles. The second kappa shape index (κ2) is 7.21. The van der Waals surface area contributed by atoms with Crippen molar-refractivity contribution in [1.29, 1.82) is 5.26 Å². The Kier molecular flexibility index (Phi) is 4.82. The Morgan fingerprint density at radius 2 is 2.08 bits per heavy atom. The molecule has 1 N–H and O–H groups in total. The van der Waals surface area contributed by atoms with Crippen molar-refractivity contribution in [3.05, 3.63) is 69.2 Å². The molecule has 0 aliphatic carbocycles. The van der Waals surface area contributed by atoms with Gasteiger partial charge in [0.2, 0.25) is 11.6 Å². The highest BCUT2D eigenvalue weighted by Gasteiger charge is 2.13. The average Bonchev–Trinajstić information content (AvgIpc) is 2.62. The van der Waals surface area contributed by atoms with Gasteiger partial charge >= 0.3 is 0 Å². The molecule has 2 aromatic heterocycles. The molecule has 3 aromatic rings. The molecule has 0 unspecified atom stereocenters. The lowest BCUT2D eigenvalue weighted by molar-refractivity contribution is 0.447. The van der Waals surface area contributed by atoms with Gasteiger partial charge in [-0.3, -0.25) is 14.3 Å². The van der Waals surface area contributed by atoms with Crippen molar-refractivity contribution < 1.29 is 9.84 Å².